The number of phenols is 1. The van der Waals surface area contributed by atoms with Crippen molar-refractivity contribution in [3.8, 4) is 17.2 Å². The van der Waals surface area contributed by atoms with Crippen LogP contribution in [0.3, 0.4) is 0 Å². The molecular weight excluding hydrogens is 348 g/mol. The Kier molecular flexibility index (Phi) is 5.26. The highest BCUT2D eigenvalue weighted by atomic mass is 16.5. The van der Waals surface area contributed by atoms with Gasteiger partial charge in [0.05, 0.1) is 19.8 Å². The first kappa shape index (κ1) is 18.3. The van der Waals surface area contributed by atoms with Crippen LogP contribution < -0.4 is 9.47 Å². The first-order valence-electron chi connectivity index (χ1n) is 8.18. The molecule has 0 saturated carbocycles. The summed E-state index contributed by atoms with van der Waals surface area (Å²) in [5, 5.41) is 11.7. The van der Waals surface area contributed by atoms with Crippen LogP contribution in [0.1, 0.15) is 20.7 Å². The van der Waals surface area contributed by atoms with Crippen molar-refractivity contribution in [2.45, 2.75) is 0 Å². The molecule has 0 fully saturated rings. The molecule has 0 aliphatic carbocycles. The van der Waals surface area contributed by atoms with Crippen LogP contribution in [-0.4, -0.2) is 37.7 Å². The molecule has 6 nitrogen and oxygen atoms in total. The van der Waals surface area contributed by atoms with Crippen molar-refractivity contribution < 1.29 is 28.9 Å². The van der Waals surface area contributed by atoms with Gasteiger partial charge >= 0.3 is 5.97 Å². The molecule has 0 atom stereocenters. The summed E-state index contributed by atoms with van der Waals surface area (Å²) in [7, 11) is 2.93. The molecule has 27 heavy (non-hydrogen) atoms. The fraction of sp³-hybridized carbons (Fsp3) is 0.143. The Morgan fingerprint density at radius 3 is 2.44 bits per heavy atom. The molecule has 3 aromatic carbocycles. The van der Waals surface area contributed by atoms with E-state index in [9.17, 15) is 14.7 Å². The maximum atomic E-state index is 12.5. The number of hydrogen-bond acceptors (Lipinski definition) is 6. The Morgan fingerprint density at radius 2 is 1.70 bits per heavy atom. The molecule has 0 heterocycles. The normalized spacial score (nSPS) is 10.4. The van der Waals surface area contributed by atoms with Crippen molar-refractivity contribution in [3.05, 3.63) is 65.7 Å². The van der Waals surface area contributed by atoms with E-state index in [1.165, 1.54) is 26.4 Å². The number of carbonyl (C=O) groups is 2. The fourth-order valence-electron chi connectivity index (χ4n) is 2.74. The van der Waals surface area contributed by atoms with E-state index in [1.807, 2.05) is 12.1 Å². The molecule has 0 unspecified atom stereocenters. The van der Waals surface area contributed by atoms with E-state index in [-0.39, 0.29) is 16.9 Å². The van der Waals surface area contributed by atoms with E-state index in [4.69, 9.17) is 14.2 Å². The average Bonchev–Trinajstić information content (AvgIpc) is 2.71. The quantitative estimate of drug-likeness (QED) is 0.530. The van der Waals surface area contributed by atoms with Crippen molar-refractivity contribution in [3.63, 3.8) is 0 Å². The van der Waals surface area contributed by atoms with Gasteiger partial charge in [0, 0.05) is 5.39 Å². The highest BCUT2D eigenvalue weighted by molar-refractivity contribution is 6.04. The number of esters is 1. The van der Waals surface area contributed by atoms with Crippen molar-refractivity contribution in [2.75, 3.05) is 20.8 Å². The smallest absolute Gasteiger partial charge is 0.342 e. The molecule has 0 aliphatic rings. The van der Waals surface area contributed by atoms with E-state index >= 15 is 0 Å². The molecule has 0 amide bonds. The lowest BCUT2D eigenvalue weighted by Crippen LogP contribution is -2.15. The number of ether oxygens (including phenoxy) is 3. The summed E-state index contributed by atoms with van der Waals surface area (Å²) >= 11 is 0. The van der Waals surface area contributed by atoms with Crippen LogP contribution in [0.4, 0.5) is 0 Å². The first-order valence-corrected chi connectivity index (χ1v) is 8.18. The zero-order chi connectivity index (χ0) is 19.4. The third-order valence-corrected chi connectivity index (χ3v) is 4.16. The molecule has 0 aromatic heterocycles. The van der Waals surface area contributed by atoms with Crippen LogP contribution in [0.5, 0.6) is 17.2 Å². The molecule has 6 heteroatoms. The number of methoxy groups -OCH3 is 2. The predicted octanol–water partition coefficient (Wildman–Crippen LogP) is 3.60. The van der Waals surface area contributed by atoms with Gasteiger partial charge in [-0.15, -0.1) is 0 Å². The minimum absolute atomic E-state index is 0.000827. The number of aromatic hydroxyl groups is 1. The Bertz CT molecular complexity index is 1010. The third-order valence-electron chi connectivity index (χ3n) is 4.16. The molecule has 0 saturated heterocycles. The predicted molar refractivity (Wildman–Crippen MR) is 99.8 cm³/mol. The van der Waals surface area contributed by atoms with Crippen LogP contribution in [-0.2, 0) is 4.74 Å². The SMILES string of the molecule is COc1ccc(OC)c(C(=O)COC(=O)c2ccc3ccccc3c2O)c1. The van der Waals surface area contributed by atoms with Crippen molar-refractivity contribution in [2.24, 2.45) is 0 Å². The van der Waals surface area contributed by atoms with Crippen molar-refractivity contribution in [1.82, 2.24) is 0 Å². The van der Waals surface area contributed by atoms with E-state index in [1.54, 1.807) is 30.3 Å². The topological polar surface area (TPSA) is 82.1 Å². The number of ketones is 1. The number of rotatable bonds is 6. The van der Waals surface area contributed by atoms with Gasteiger partial charge in [-0.1, -0.05) is 30.3 Å². The van der Waals surface area contributed by atoms with Gasteiger partial charge in [0.15, 0.2) is 6.61 Å². The number of hydrogen-bond donors (Lipinski definition) is 1. The maximum Gasteiger partial charge on any atom is 0.342 e. The van der Waals surface area contributed by atoms with E-state index in [2.05, 4.69) is 0 Å². The Hall–Kier alpha value is -3.54. The zero-order valence-electron chi connectivity index (χ0n) is 14.9. The summed E-state index contributed by atoms with van der Waals surface area (Å²) in [4.78, 5) is 24.8. The number of Topliss-reactive ketones (excluding diaryl/α,β-unsaturated/α-hetero) is 1. The molecule has 0 aliphatic heterocycles. The second-order valence-electron chi connectivity index (χ2n) is 5.75. The number of carbonyl (C=O) groups excluding carboxylic acids is 2. The third kappa shape index (κ3) is 3.69. The van der Waals surface area contributed by atoms with Crippen LogP contribution in [0.15, 0.2) is 54.6 Å². The van der Waals surface area contributed by atoms with E-state index in [0.717, 1.165) is 5.39 Å². The van der Waals surface area contributed by atoms with Crippen molar-refractivity contribution in [1.29, 1.82) is 0 Å². The minimum Gasteiger partial charge on any atom is -0.506 e. The summed E-state index contributed by atoms with van der Waals surface area (Å²) in [6.45, 7) is -0.491. The zero-order valence-corrected chi connectivity index (χ0v) is 14.9. The molecule has 1 N–H and O–H groups in total. The number of benzene rings is 3. The lowest BCUT2D eigenvalue weighted by Gasteiger charge is -2.11. The molecule has 0 bridgehead atoms. The summed E-state index contributed by atoms with van der Waals surface area (Å²) in [5.74, 6) is -0.569. The van der Waals surface area contributed by atoms with Gasteiger partial charge in [-0.3, -0.25) is 4.79 Å². The Morgan fingerprint density at radius 1 is 0.926 bits per heavy atom. The second kappa shape index (κ2) is 7.78. The molecular formula is C21H18O6. The molecule has 138 valence electrons. The van der Waals surface area contributed by atoms with Gasteiger partial charge in [0.25, 0.3) is 0 Å². The Balaban J connectivity index is 1.78. The first-order chi connectivity index (χ1) is 13.0. The van der Waals surface area contributed by atoms with Gasteiger partial charge in [-0.05, 0) is 29.7 Å². The van der Waals surface area contributed by atoms with Gasteiger partial charge in [0.1, 0.15) is 22.8 Å². The molecule has 3 rings (SSSR count). The lowest BCUT2D eigenvalue weighted by atomic mass is 10.1. The largest absolute Gasteiger partial charge is 0.506 e. The summed E-state index contributed by atoms with van der Waals surface area (Å²) in [5.41, 5.74) is 0.242. The van der Waals surface area contributed by atoms with Crippen LogP contribution in [0.25, 0.3) is 10.8 Å². The number of phenolic OH excluding ortho intramolecular Hbond substituents is 1. The van der Waals surface area contributed by atoms with Gasteiger partial charge in [0.2, 0.25) is 5.78 Å². The standard InChI is InChI=1S/C21H18O6/c1-25-14-8-10-19(26-2)17(11-14)18(22)12-27-21(24)16-9-7-13-5-3-4-6-15(13)20(16)23/h3-11,23H,12H2,1-2H3. The Labute approximate surface area is 155 Å². The number of fused-ring (bicyclic) bond motifs is 1. The van der Waals surface area contributed by atoms with E-state index in [0.29, 0.717) is 16.9 Å². The lowest BCUT2D eigenvalue weighted by molar-refractivity contribution is 0.0471. The minimum atomic E-state index is -0.784. The van der Waals surface area contributed by atoms with Crippen LogP contribution >= 0.6 is 0 Å². The van der Waals surface area contributed by atoms with Crippen LogP contribution in [0, 0.1) is 0 Å². The van der Waals surface area contributed by atoms with Crippen molar-refractivity contribution >= 4 is 22.5 Å². The molecule has 0 radical (unpaired) electrons. The van der Waals surface area contributed by atoms with Gasteiger partial charge in [-0.2, -0.15) is 0 Å². The fourth-order valence-corrected chi connectivity index (χ4v) is 2.74. The molecule has 3 aromatic rings. The highest BCUT2D eigenvalue weighted by Crippen LogP contribution is 2.29. The maximum absolute atomic E-state index is 12.5. The summed E-state index contributed by atoms with van der Waals surface area (Å²) < 4.78 is 15.4. The van der Waals surface area contributed by atoms with E-state index < -0.39 is 18.4 Å². The average molecular weight is 366 g/mol. The monoisotopic (exact) mass is 366 g/mol. The second-order valence-corrected chi connectivity index (χ2v) is 5.75. The molecule has 0 spiro atoms. The highest BCUT2D eigenvalue weighted by Gasteiger charge is 2.19. The van der Waals surface area contributed by atoms with Gasteiger partial charge in [-0.25, -0.2) is 4.79 Å². The van der Waals surface area contributed by atoms with Crippen LogP contribution in [0.2, 0.25) is 0 Å². The van der Waals surface area contributed by atoms with Gasteiger partial charge < -0.3 is 19.3 Å². The summed E-state index contributed by atoms with van der Waals surface area (Å²) in [6.07, 6.45) is 0. The summed E-state index contributed by atoms with van der Waals surface area (Å²) in [6, 6.07) is 15.1.